The van der Waals surface area contributed by atoms with Crippen LogP contribution in [0.4, 0.5) is 0 Å². The second-order valence-corrected chi connectivity index (χ2v) is 5.49. The van der Waals surface area contributed by atoms with E-state index in [4.69, 9.17) is 0 Å². The van der Waals surface area contributed by atoms with E-state index in [0.29, 0.717) is 5.41 Å². The fraction of sp³-hybridized carbons (Fsp3) is 1.00. The molecular weight excluding hydrogens is 174 g/mol. The Morgan fingerprint density at radius 2 is 1.79 bits per heavy atom. The van der Waals surface area contributed by atoms with Gasteiger partial charge in [0.1, 0.15) is 0 Å². The lowest BCUT2D eigenvalue weighted by atomic mass is 9.72. The lowest BCUT2D eigenvalue weighted by molar-refractivity contribution is -0.0151. The quantitative estimate of drug-likeness (QED) is 0.677. The van der Waals surface area contributed by atoms with Gasteiger partial charge in [-0.3, -0.25) is 0 Å². The molecule has 3 heteroatoms. The molecular formula is C11H23N3. The SMILES string of the molecule is CNCC12CC(CN(C)C1)CN(C)C2. The van der Waals surface area contributed by atoms with Gasteiger partial charge in [0.2, 0.25) is 0 Å². The maximum atomic E-state index is 3.37. The Bertz CT molecular complexity index is 185. The predicted octanol–water partition coefficient (Wildman–Crippen LogP) is 0.0893. The van der Waals surface area contributed by atoms with Crippen LogP contribution in [0, 0.1) is 11.3 Å². The molecule has 1 N–H and O–H groups in total. The molecule has 2 aliphatic rings. The summed E-state index contributed by atoms with van der Waals surface area (Å²) in [6.07, 6.45) is 1.42. The predicted molar refractivity (Wildman–Crippen MR) is 59.5 cm³/mol. The van der Waals surface area contributed by atoms with E-state index in [-0.39, 0.29) is 0 Å². The molecule has 2 bridgehead atoms. The number of hydrogen-bond acceptors (Lipinski definition) is 3. The van der Waals surface area contributed by atoms with Gasteiger partial charge >= 0.3 is 0 Å². The molecule has 0 aliphatic carbocycles. The van der Waals surface area contributed by atoms with Crippen LogP contribution >= 0.6 is 0 Å². The summed E-state index contributed by atoms with van der Waals surface area (Å²) in [5.41, 5.74) is 0.513. The van der Waals surface area contributed by atoms with Gasteiger partial charge in [0, 0.05) is 38.1 Å². The lowest BCUT2D eigenvalue weighted by Gasteiger charge is -2.52. The third-order valence-corrected chi connectivity index (χ3v) is 3.62. The largest absolute Gasteiger partial charge is 0.319 e. The molecule has 0 saturated carbocycles. The molecule has 82 valence electrons. The van der Waals surface area contributed by atoms with Crippen molar-refractivity contribution in [3.05, 3.63) is 0 Å². The number of rotatable bonds is 2. The van der Waals surface area contributed by atoms with Gasteiger partial charge in [0.15, 0.2) is 0 Å². The van der Waals surface area contributed by atoms with Gasteiger partial charge in [-0.1, -0.05) is 0 Å². The first-order valence-corrected chi connectivity index (χ1v) is 5.65. The van der Waals surface area contributed by atoms with Crippen molar-refractivity contribution in [2.75, 3.05) is 53.9 Å². The number of fused-ring (bicyclic) bond motifs is 2. The minimum Gasteiger partial charge on any atom is -0.319 e. The summed E-state index contributed by atoms with van der Waals surface area (Å²) in [7, 11) is 6.61. The molecule has 0 aromatic rings. The van der Waals surface area contributed by atoms with E-state index in [9.17, 15) is 0 Å². The topological polar surface area (TPSA) is 18.5 Å². The average molecular weight is 197 g/mol. The standard InChI is InChI=1S/C11H23N3/c1-12-7-11-4-10(5-13(2)8-11)6-14(3)9-11/h10,12H,4-9H2,1-3H3. The van der Waals surface area contributed by atoms with Gasteiger partial charge in [0.05, 0.1) is 0 Å². The highest BCUT2D eigenvalue weighted by Crippen LogP contribution is 2.36. The van der Waals surface area contributed by atoms with Crippen molar-refractivity contribution >= 4 is 0 Å². The number of piperidine rings is 2. The molecule has 2 aliphatic heterocycles. The zero-order valence-electron chi connectivity index (χ0n) is 9.71. The van der Waals surface area contributed by atoms with Gasteiger partial charge < -0.3 is 15.1 Å². The van der Waals surface area contributed by atoms with Gasteiger partial charge in [-0.25, -0.2) is 0 Å². The highest BCUT2D eigenvalue weighted by Gasteiger charge is 2.42. The lowest BCUT2D eigenvalue weighted by Crippen LogP contribution is -2.60. The van der Waals surface area contributed by atoms with Crippen LogP contribution in [0.15, 0.2) is 0 Å². The molecule has 0 radical (unpaired) electrons. The molecule has 2 heterocycles. The molecule has 0 atom stereocenters. The van der Waals surface area contributed by atoms with Gasteiger partial charge in [0.25, 0.3) is 0 Å². The summed E-state index contributed by atoms with van der Waals surface area (Å²) < 4.78 is 0. The van der Waals surface area contributed by atoms with E-state index in [1.165, 1.54) is 32.6 Å². The summed E-state index contributed by atoms with van der Waals surface area (Å²) >= 11 is 0. The third-order valence-electron chi connectivity index (χ3n) is 3.62. The van der Waals surface area contributed by atoms with Gasteiger partial charge in [-0.15, -0.1) is 0 Å². The average Bonchev–Trinajstić information content (AvgIpc) is 1.99. The summed E-state index contributed by atoms with van der Waals surface area (Å²) in [6, 6.07) is 0. The van der Waals surface area contributed by atoms with E-state index in [0.717, 1.165) is 12.5 Å². The minimum absolute atomic E-state index is 0.513. The second-order valence-electron chi connectivity index (χ2n) is 5.49. The van der Waals surface area contributed by atoms with Crippen molar-refractivity contribution in [1.82, 2.24) is 15.1 Å². The smallest absolute Gasteiger partial charge is 0.00855 e. The minimum atomic E-state index is 0.513. The Balaban J connectivity index is 2.10. The first-order chi connectivity index (χ1) is 6.63. The highest BCUT2D eigenvalue weighted by atomic mass is 15.2. The Hall–Kier alpha value is -0.120. The first kappa shape index (κ1) is 10.4. The molecule has 0 aromatic carbocycles. The van der Waals surface area contributed by atoms with Crippen LogP contribution in [0.5, 0.6) is 0 Å². The molecule has 0 amide bonds. The van der Waals surface area contributed by atoms with Crippen LogP contribution in [0.2, 0.25) is 0 Å². The van der Waals surface area contributed by atoms with Crippen LogP contribution in [-0.4, -0.2) is 63.7 Å². The summed E-state index contributed by atoms with van der Waals surface area (Å²) in [4.78, 5) is 5.02. The number of likely N-dealkylation sites (tertiary alicyclic amines) is 2. The zero-order valence-corrected chi connectivity index (χ0v) is 9.71. The number of nitrogens with zero attached hydrogens (tertiary/aromatic N) is 2. The number of hydrogen-bond donors (Lipinski definition) is 1. The third kappa shape index (κ3) is 1.95. The molecule has 2 rings (SSSR count). The van der Waals surface area contributed by atoms with Crippen molar-refractivity contribution < 1.29 is 0 Å². The van der Waals surface area contributed by atoms with E-state index in [2.05, 4.69) is 36.3 Å². The Labute approximate surface area is 87.4 Å². The Morgan fingerprint density at radius 3 is 2.29 bits per heavy atom. The highest BCUT2D eigenvalue weighted by molar-refractivity contribution is 4.97. The van der Waals surface area contributed by atoms with Crippen LogP contribution in [0.1, 0.15) is 6.42 Å². The van der Waals surface area contributed by atoms with E-state index in [1.807, 2.05) is 0 Å². The van der Waals surface area contributed by atoms with E-state index < -0.39 is 0 Å². The fourth-order valence-corrected chi connectivity index (χ4v) is 3.69. The Kier molecular flexibility index (Phi) is 2.82. The summed E-state index contributed by atoms with van der Waals surface area (Å²) in [6.45, 7) is 6.26. The second kappa shape index (κ2) is 3.80. The van der Waals surface area contributed by atoms with E-state index in [1.54, 1.807) is 0 Å². The van der Waals surface area contributed by atoms with Crippen molar-refractivity contribution in [3.63, 3.8) is 0 Å². The molecule has 14 heavy (non-hydrogen) atoms. The molecule has 2 fully saturated rings. The molecule has 0 spiro atoms. The van der Waals surface area contributed by atoms with Crippen LogP contribution in [0.3, 0.4) is 0 Å². The maximum Gasteiger partial charge on any atom is 0.00855 e. The van der Waals surface area contributed by atoms with Crippen molar-refractivity contribution in [3.8, 4) is 0 Å². The fourth-order valence-electron chi connectivity index (χ4n) is 3.69. The molecule has 3 nitrogen and oxygen atoms in total. The van der Waals surface area contributed by atoms with Crippen molar-refractivity contribution in [2.24, 2.45) is 11.3 Å². The van der Waals surface area contributed by atoms with Gasteiger partial charge in [-0.2, -0.15) is 0 Å². The van der Waals surface area contributed by atoms with E-state index >= 15 is 0 Å². The van der Waals surface area contributed by atoms with Gasteiger partial charge in [-0.05, 0) is 33.5 Å². The number of nitrogens with one attached hydrogen (secondary N) is 1. The van der Waals surface area contributed by atoms with Crippen LogP contribution in [-0.2, 0) is 0 Å². The van der Waals surface area contributed by atoms with Crippen LogP contribution in [0.25, 0.3) is 0 Å². The molecule has 0 unspecified atom stereocenters. The van der Waals surface area contributed by atoms with Crippen molar-refractivity contribution in [2.45, 2.75) is 6.42 Å². The Morgan fingerprint density at radius 1 is 1.21 bits per heavy atom. The normalized spacial score (nSPS) is 40.1. The maximum absolute atomic E-state index is 3.37. The van der Waals surface area contributed by atoms with Crippen LogP contribution < -0.4 is 5.32 Å². The first-order valence-electron chi connectivity index (χ1n) is 5.65. The summed E-state index contributed by atoms with van der Waals surface area (Å²) in [5.74, 6) is 0.890. The zero-order chi connectivity index (χ0) is 10.2. The summed E-state index contributed by atoms with van der Waals surface area (Å²) in [5, 5.41) is 3.37. The molecule has 2 saturated heterocycles. The monoisotopic (exact) mass is 197 g/mol. The van der Waals surface area contributed by atoms with Crippen molar-refractivity contribution in [1.29, 1.82) is 0 Å². The molecule has 0 aromatic heterocycles.